The number of hydrogen-bond acceptors (Lipinski definition) is 4. The normalized spacial score (nSPS) is 20.6. The van der Waals surface area contributed by atoms with Gasteiger partial charge in [-0.25, -0.2) is 9.97 Å². The maximum Gasteiger partial charge on any atom is 0.223 e. The van der Waals surface area contributed by atoms with Crippen molar-refractivity contribution in [3.8, 4) is 0 Å². The maximum absolute atomic E-state index is 12.4. The Labute approximate surface area is 133 Å². The van der Waals surface area contributed by atoms with E-state index < -0.39 is 0 Å². The van der Waals surface area contributed by atoms with Gasteiger partial charge >= 0.3 is 0 Å². The first-order valence-corrected chi connectivity index (χ1v) is 7.98. The van der Waals surface area contributed by atoms with Crippen molar-refractivity contribution < 1.29 is 4.79 Å². The number of rotatable bonds is 3. The molecule has 0 amide bonds. The van der Waals surface area contributed by atoms with Crippen LogP contribution in [0.2, 0.25) is 5.02 Å². The van der Waals surface area contributed by atoms with Crippen molar-refractivity contribution in [1.82, 2.24) is 9.97 Å². The lowest BCUT2D eigenvalue weighted by Crippen LogP contribution is -2.21. The van der Waals surface area contributed by atoms with Gasteiger partial charge < -0.3 is 5.32 Å². The van der Waals surface area contributed by atoms with Gasteiger partial charge in [0, 0.05) is 23.7 Å². The minimum Gasteiger partial charge on any atom is -0.351 e. The molecule has 0 radical (unpaired) electrons. The van der Waals surface area contributed by atoms with E-state index in [1.165, 1.54) is 12.8 Å². The number of halogens is 1. The van der Waals surface area contributed by atoms with Crippen LogP contribution in [0.15, 0.2) is 30.5 Å². The Bertz CT molecular complexity index is 742. The number of nitrogens with one attached hydrogen (secondary N) is 1. The number of aromatic nitrogens is 2. The Morgan fingerprint density at radius 1 is 1.18 bits per heavy atom. The third-order valence-electron chi connectivity index (χ3n) is 4.30. The summed E-state index contributed by atoms with van der Waals surface area (Å²) in [7, 11) is 0. The fraction of sp³-hybridized carbons (Fsp3) is 0.353. The molecule has 2 aliphatic rings. The predicted octanol–water partition coefficient (Wildman–Crippen LogP) is 3.62. The van der Waals surface area contributed by atoms with E-state index in [1.807, 2.05) is 24.3 Å². The Balaban J connectivity index is 1.65. The largest absolute Gasteiger partial charge is 0.351 e. The molecule has 22 heavy (non-hydrogen) atoms. The van der Waals surface area contributed by atoms with E-state index in [0.717, 1.165) is 17.7 Å². The topological polar surface area (TPSA) is 54.9 Å². The third-order valence-corrected chi connectivity index (χ3v) is 4.64. The van der Waals surface area contributed by atoms with Gasteiger partial charge in [-0.2, -0.15) is 0 Å². The molecule has 1 fully saturated rings. The maximum atomic E-state index is 12.4. The van der Waals surface area contributed by atoms with Gasteiger partial charge in [-0.05, 0) is 36.8 Å². The molecule has 0 saturated heterocycles. The van der Waals surface area contributed by atoms with Gasteiger partial charge in [-0.15, -0.1) is 0 Å². The number of hydrogen-bond donors (Lipinski definition) is 1. The highest BCUT2D eigenvalue weighted by Crippen LogP contribution is 2.35. The molecule has 1 saturated carbocycles. The first-order valence-electron chi connectivity index (χ1n) is 7.61. The van der Waals surface area contributed by atoms with E-state index in [0.29, 0.717) is 29.0 Å². The Morgan fingerprint density at radius 2 is 2.00 bits per heavy atom. The van der Waals surface area contributed by atoms with E-state index >= 15 is 0 Å². The summed E-state index contributed by atoms with van der Waals surface area (Å²) in [6.45, 7) is 0. The molecule has 1 N–H and O–H groups in total. The standard InChI is InChI=1S/C17H16ClN3O/c18-14-4-2-1-3-12(14)10-7-15-13(16(22)8-10)9-19-17(21-15)20-11-5-6-11/h1-4,9-11H,5-8H2,(H,19,20,21). The molecule has 4 rings (SSSR count). The van der Waals surface area contributed by atoms with Crippen molar-refractivity contribution in [2.45, 2.75) is 37.6 Å². The summed E-state index contributed by atoms with van der Waals surface area (Å²) >= 11 is 6.28. The minimum atomic E-state index is 0.0948. The molecule has 0 bridgehead atoms. The Morgan fingerprint density at radius 3 is 2.77 bits per heavy atom. The van der Waals surface area contributed by atoms with Crippen molar-refractivity contribution in [1.29, 1.82) is 0 Å². The lowest BCUT2D eigenvalue weighted by atomic mass is 9.82. The van der Waals surface area contributed by atoms with Crippen LogP contribution in [0.3, 0.4) is 0 Å². The molecule has 1 aromatic carbocycles. The van der Waals surface area contributed by atoms with Gasteiger partial charge in [0.1, 0.15) is 0 Å². The highest BCUT2D eigenvalue weighted by Gasteiger charge is 2.30. The zero-order valence-corrected chi connectivity index (χ0v) is 12.8. The first-order chi connectivity index (χ1) is 10.7. The number of nitrogens with zero attached hydrogens (tertiary/aromatic N) is 2. The van der Waals surface area contributed by atoms with Crippen LogP contribution in [-0.4, -0.2) is 21.8 Å². The van der Waals surface area contributed by atoms with Crippen molar-refractivity contribution in [2.75, 3.05) is 5.32 Å². The molecule has 1 heterocycles. The van der Waals surface area contributed by atoms with E-state index in [1.54, 1.807) is 6.20 Å². The van der Waals surface area contributed by atoms with Crippen LogP contribution in [0.1, 0.15) is 46.8 Å². The van der Waals surface area contributed by atoms with Gasteiger partial charge in [0.25, 0.3) is 0 Å². The molecular weight excluding hydrogens is 298 g/mol. The summed E-state index contributed by atoms with van der Waals surface area (Å²) < 4.78 is 0. The van der Waals surface area contributed by atoms with Gasteiger partial charge in [0.15, 0.2) is 5.78 Å². The van der Waals surface area contributed by atoms with Gasteiger partial charge in [-0.1, -0.05) is 29.8 Å². The summed E-state index contributed by atoms with van der Waals surface area (Å²) in [6, 6.07) is 8.23. The second-order valence-electron chi connectivity index (χ2n) is 6.02. The van der Waals surface area contributed by atoms with Crippen LogP contribution in [0, 0.1) is 0 Å². The molecule has 2 aromatic rings. The molecule has 2 aliphatic carbocycles. The van der Waals surface area contributed by atoms with Crippen LogP contribution in [0.4, 0.5) is 5.95 Å². The smallest absolute Gasteiger partial charge is 0.223 e. The number of carbonyl (C=O) groups is 1. The fourth-order valence-corrected chi connectivity index (χ4v) is 3.24. The lowest BCUT2D eigenvalue weighted by molar-refractivity contribution is 0.0963. The van der Waals surface area contributed by atoms with Crippen LogP contribution in [0.5, 0.6) is 0 Å². The summed E-state index contributed by atoms with van der Waals surface area (Å²) in [5, 5.41) is 4.00. The quantitative estimate of drug-likeness (QED) is 0.940. The van der Waals surface area contributed by atoms with Crippen molar-refractivity contribution in [3.05, 3.63) is 52.3 Å². The molecular formula is C17H16ClN3O. The zero-order valence-electron chi connectivity index (χ0n) is 12.1. The molecule has 1 unspecified atom stereocenters. The van der Waals surface area contributed by atoms with Crippen molar-refractivity contribution in [3.63, 3.8) is 0 Å². The molecule has 112 valence electrons. The summed E-state index contributed by atoms with van der Waals surface area (Å²) in [4.78, 5) is 21.2. The SMILES string of the molecule is O=C1CC(c2ccccc2Cl)Cc2nc(NC3CC3)ncc21. The van der Waals surface area contributed by atoms with Crippen LogP contribution in [0.25, 0.3) is 0 Å². The molecule has 1 aromatic heterocycles. The van der Waals surface area contributed by atoms with E-state index in [4.69, 9.17) is 11.6 Å². The van der Waals surface area contributed by atoms with Crippen LogP contribution < -0.4 is 5.32 Å². The Kier molecular flexibility index (Phi) is 3.34. The van der Waals surface area contributed by atoms with E-state index in [2.05, 4.69) is 15.3 Å². The zero-order chi connectivity index (χ0) is 15.1. The fourth-order valence-electron chi connectivity index (χ4n) is 2.95. The Hall–Kier alpha value is -1.94. The number of benzene rings is 1. The van der Waals surface area contributed by atoms with E-state index in [9.17, 15) is 4.79 Å². The molecule has 0 aliphatic heterocycles. The van der Waals surface area contributed by atoms with Crippen molar-refractivity contribution >= 4 is 23.3 Å². The molecule has 4 nitrogen and oxygen atoms in total. The number of Topliss-reactive ketones (excluding diaryl/α,β-unsaturated/α-hetero) is 1. The number of fused-ring (bicyclic) bond motifs is 1. The summed E-state index contributed by atoms with van der Waals surface area (Å²) in [5.74, 6) is 0.829. The number of carbonyl (C=O) groups excluding carboxylic acids is 1. The highest BCUT2D eigenvalue weighted by molar-refractivity contribution is 6.31. The minimum absolute atomic E-state index is 0.0948. The third kappa shape index (κ3) is 2.59. The number of anilines is 1. The first kappa shape index (κ1) is 13.7. The van der Waals surface area contributed by atoms with Crippen LogP contribution >= 0.6 is 11.6 Å². The summed E-state index contributed by atoms with van der Waals surface area (Å²) in [6.07, 6.45) is 5.20. The van der Waals surface area contributed by atoms with E-state index in [-0.39, 0.29) is 11.7 Å². The lowest BCUT2D eigenvalue weighted by Gasteiger charge is -2.24. The number of ketones is 1. The second kappa shape index (κ2) is 5.36. The summed E-state index contributed by atoms with van der Waals surface area (Å²) in [5.41, 5.74) is 2.52. The van der Waals surface area contributed by atoms with Crippen LogP contribution in [-0.2, 0) is 6.42 Å². The molecule has 1 atom stereocenters. The van der Waals surface area contributed by atoms with Gasteiger partial charge in [-0.3, -0.25) is 4.79 Å². The van der Waals surface area contributed by atoms with Gasteiger partial charge in [0.05, 0.1) is 11.3 Å². The average Bonchev–Trinajstić information content (AvgIpc) is 3.31. The highest BCUT2D eigenvalue weighted by atomic mass is 35.5. The predicted molar refractivity (Wildman–Crippen MR) is 85.5 cm³/mol. The van der Waals surface area contributed by atoms with Gasteiger partial charge in [0.2, 0.25) is 5.95 Å². The average molecular weight is 314 g/mol. The molecule has 0 spiro atoms. The second-order valence-corrected chi connectivity index (χ2v) is 6.43. The monoisotopic (exact) mass is 313 g/mol. The van der Waals surface area contributed by atoms with Crippen molar-refractivity contribution in [2.24, 2.45) is 0 Å². The molecule has 5 heteroatoms.